The van der Waals surface area contributed by atoms with Gasteiger partial charge in [-0.3, -0.25) is 9.59 Å². The van der Waals surface area contributed by atoms with Gasteiger partial charge >= 0.3 is 5.97 Å². The predicted molar refractivity (Wildman–Crippen MR) is 128 cm³/mol. The Morgan fingerprint density at radius 3 is 1.71 bits per heavy atom. The Labute approximate surface area is 202 Å². The van der Waals surface area contributed by atoms with E-state index < -0.39 is 0 Å². The molecule has 0 radical (unpaired) electrons. The maximum Gasteiger partial charge on any atom is 0.317 e. The van der Waals surface area contributed by atoms with Crippen molar-refractivity contribution < 1.29 is 19.3 Å². The molecule has 0 saturated heterocycles. The minimum atomic E-state index is -0.312. The third-order valence-electron chi connectivity index (χ3n) is 10.8. The second-order valence-corrected chi connectivity index (χ2v) is 13.6. The van der Waals surface area contributed by atoms with Crippen molar-refractivity contribution in [1.29, 1.82) is 0 Å². The summed E-state index contributed by atoms with van der Waals surface area (Å²) < 4.78 is 6.25. The summed E-state index contributed by atoms with van der Waals surface area (Å²) in [7, 11) is 0. The number of carbonyl (C=O) groups excluding carboxylic acids is 2. The van der Waals surface area contributed by atoms with Crippen LogP contribution in [-0.2, 0) is 9.59 Å². The Morgan fingerprint density at radius 1 is 0.794 bits per heavy atom. The molecule has 182 valence electrons. The number of nitrogens with one attached hydrogen (secondary N) is 2. The zero-order chi connectivity index (χ0) is 23.2. The predicted octanol–water partition coefficient (Wildman–Crippen LogP) is 5.39. The summed E-state index contributed by atoms with van der Waals surface area (Å²) in [5, 5.41) is 3.29. The first-order valence-electron chi connectivity index (χ1n) is 13.9. The van der Waals surface area contributed by atoms with Crippen molar-refractivity contribution in [2.45, 2.75) is 90.9 Å². The highest BCUT2D eigenvalue weighted by Gasteiger charge is 2.57. The van der Waals surface area contributed by atoms with Gasteiger partial charge in [-0.25, -0.2) is 4.98 Å². The summed E-state index contributed by atoms with van der Waals surface area (Å²) in [6.07, 6.45) is 13.9. The van der Waals surface area contributed by atoms with Gasteiger partial charge in [-0.15, -0.1) is 0 Å². The molecule has 0 unspecified atom stereocenters. The number of ether oxygens (including phenoxy) is 1. The molecule has 5 heteroatoms. The minimum absolute atomic E-state index is 0.0581. The molecule has 0 atom stereocenters. The van der Waals surface area contributed by atoms with Crippen LogP contribution in [0.5, 0.6) is 5.75 Å². The van der Waals surface area contributed by atoms with Crippen molar-refractivity contribution in [3.8, 4) is 5.75 Å². The van der Waals surface area contributed by atoms with Gasteiger partial charge in [0.15, 0.2) is 5.69 Å². The summed E-state index contributed by atoms with van der Waals surface area (Å²) in [6.45, 7) is 3.95. The van der Waals surface area contributed by atoms with Gasteiger partial charge in [-0.2, -0.15) is 0 Å². The average molecular weight is 464 g/mol. The number of H-pyrrole nitrogens is 1. The number of rotatable bonds is 4. The third-order valence-corrected chi connectivity index (χ3v) is 10.8. The Bertz CT molecular complexity index is 989. The summed E-state index contributed by atoms with van der Waals surface area (Å²) in [5.41, 5.74) is 1.92. The van der Waals surface area contributed by atoms with Crippen molar-refractivity contribution in [3.05, 3.63) is 17.5 Å². The van der Waals surface area contributed by atoms with Crippen LogP contribution >= 0.6 is 0 Å². The van der Waals surface area contributed by atoms with Crippen LogP contribution < -0.4 is 15.0 Å². The van der Waals surface area contributed by atoms with E-state index in [1.54, 1.807) is 0 Å². The lowest BCUT2D eigenvalue weighted by Crippen LogP contribution is -2.52. The zero-order valence-electron chi connectivity index (χ0n) is 20.8. The maximum atomic E-state index is 13.8. The lowest BCUT2D eigenvalue weighted by Gasteiger charge is -2.55. The Balaban J connectivity index is 1.16. The van der Waals surface area contributed by atoms with Gasteiger partial charge in [-0.05, 0) is 113 Å². The normalized spacial score (nSPS) is 43.2. The van der Waals surface area contributed by atoms with E-state index in [1.807, 2.05) is 19.9 Å². The molecule has 2 N–H and O–H groups in total. The standard InChI is InChI=1S/C29H38N2O3/c1-16-3-24(31-26(32)28-10-18-4-19(11-28)6-20(5-18)12-28)25(17(2)30-16)34-27(33)29-13-21-7-22(14-29)9-23(8-21)15-29/h3,18-23H,4-15H2,1-2H3,(H,30,31,32)/p+1. The molecule has 9 rings (SSSR count). The van der Waals surface area contributed by atoms with Crippen LogP contribution in [0.4, 0.5) is 5.69 Å². The lowest BCUT2D eigenvalue weighted by atomic mass is 9.49. The van der Waals surface area contributed by atoms with Crippen LogP contribution in [0.15, 0.2) is 6.07 Å². The number of anilines is 1. The van der Waals surface area contributed by atoms with Gasteiger partial charge in [0, 0.05) is 19.9 Å². The van der Waals surface area contributed by atoms with Crippen molar-refractivity contribution in [2.75, 3.05) is 5.32 Å². The quantitative estimate of drug-likeness (QED) is 0.608. The topological polar surface area (TPSA) is 69.5 Å². The Hall–Kier alpha value is -1.91. The molecule has 1 aromatic rings. The van der Waals surface area contributed by atoms with Crippen LogP contribution in [0.25, 0.3) is 0 Å². The van der Waals surface area contributed by atoms with Crippen molar-refractivity contribution in [2.24, 2.45) is 46.3 Å². The highest BCUT2D eigenvalue weighted by atomic mass is 16.5. The lowest BCUT2D eigenvalue weighted by molar-refractivity contribution is -0.397. The van der Waals surface area contributed by atoms with Crippen molar-refractivity contribution >= 4 is 17.6 Å². The molecule has 0 aliphatic heterocycles. The highest BCUT2D eigenvalue weighted by Crippen LogP contribution is 2.61. The van der Waals surface area contributed by atoms with E-state index in [0.717, 1.165) is 67.7 Å². The first-order chi connectivity index (χ1) is 16.3. The van der Waals surface area contributed by atoms with Gasteiger partial charge in [0.25, 0.3) is 0 Å². The fourth-order valence-corrected chi connectivity index (χ4v) is 10.3. The van der Waals surface area contributed by atoms with Crippen molar-refractivity contribution in [1.82, 2.24) is 0 Å². The molecule has 1 heterocycles. The summed E-state index contributed by atoms with van der Waals surface area (Å²) >= 11 is 0. The second kappa shape index (κ2) is 7.30. The molecule has 0 spiro atoms. The molecule has 8 aliphatic carbocycles. The first-order valence-corrected chi connectivity index (χ1v) is 13.9. The molecular weight excluding hydrogens is 424 g/mol. The van der Waals surface area contributed by atoms with Gasteiger partial charge in [0.2, 0.25) is 17.4 Å². The monoisotopic (exact) mass is 463 g/mol. The van der Waals surface area contributed by atoms with Crippen molar-refractivity contribution in [3.63, 3.8) is 0 Å². The number of amides is 1. The fourth-order valence-electron chi connectivity index (χ4n) is 10.3. The molecule has 8 aliphatic rings. The third kappa shape index (κ3) is 3.28. The largest absolute Gasteiger partial charge is 0.417 e. The molecule has 8 bridgehead atoms. The van der Waals surface area contributed by atoms with E-state index in [0.29, 0.717) is 29.2 Å². The van der Waals surface area contributed by atoms with Gasteiger partial charge in [0.1, 0.15) is 0 Å². The molecule has 34 heavy (non-hydrogen) atoms. The van der Waals surface area contributed by atoms with E-state index >= 15 is 0 Å². The van der Waals surface area contributed by atoms with Crippen LogP contribution in [0, 0.1) is 60.2 Å². The number of hydrogen-bond donors (Lipinski definition) is 1. The van der Waals surface area contributed by atoms with E-state index in [4.69, 9.17) is 4.74 Å². The molecule has 1 aromatic heterocycles. The Kier molecular flexibility index (Phi) is 4.59. The fraction of sp³-hybridized carbons (Fsp3) is 0.759. The summed E-state index contributed by atoms with van der Waals surface area (Å²) in [6, 6.07) is 1.95. The molecule has 5 nitrogen and oxygen atoms in total. The summed E-state index contributed by atoms with van der Waals surface area (Å²) in [4.78, 5) is 30.8. The van der Waals surface area contributed by atoms with Crippen LogP contribution in [-0.4, -0.2) is 11.9 Å². The average Bonchev–Trinajstić information content (AvgIpc) is 2.74. The van der Waals surface area contributed by atoms with Gasteiger partial charge in [0.05, 0.1) is 16.5 Å². The number of carbonyl (C=O) groups is 2. The number of aryl methyl sites for hydroxylation is 2. The van der Waals surface area contributed by atoms with E-state index in [9.17, 15) is 9.59 Å². The van der Waals surface area contributed by atoms with E-state index in [2.05, 4.69) is 10.3 Å². The SMILES string of the molecule is Cc1cc(NC(=O)C23CC4CC(CC(C4)C2)C3)c(OC(=O)C23CC4CC(CC(C4)C2)C3)c(C)[nH+]1. The smallest absolute Gasteiger partial charge is 0.317 e. The highest BCUT2D eigenvalue weighted by molar-refractivity contribution is 5.97. The van der Waals surface area contributed by atoms with Crippen LogP contribution in [0.3, 0.4) is 0 Å². The maximum absolute atomic E-state index is 13.8. The molecule has 1 amide bonds. The number of pyridine rings is 1. The molecule has 0 aromatic carbocycles. The van der Waals surface area contributed by atoms with E-state index in [1.165, 1.54) is 38.5 Å². The van der Waals surface area contributed by atoms with Gasteiger partial charge in [-0.1, -0.05) is 0 Å². The van der Waals surface area contributed by atoms with Crippen LogP contribution in [0.2, 0.25) is 0 Å². The number of aromatic amines is 1. The van der Waals surface area contributed by atoms with E-state index in [-0.39, 0.29) is 22.7 Å². The second-order valence-electron chi connectivity index (χ2n) is 13.6. The first kappa shape index (κ1) is 21.4. The number of esters is 1. The minimum Gasteiger partial charge on any atom is -0.417 e. The van der Waals surface area contributed by atoms with Crippen LogP contribution in [0.1, 0.15) is 88.4 Å². The number of aromatic nitrogens is 1. The Morgan fingerprint density at radius 2 is 1.24 bits per heavy atom. The number of hydrogen-bond acceptors (Lipinski definition) is 3. The van der Waals surface area contributed by atoms with Gasteiger partial charge < -0.3 is 10.1 Å². The molecular formula is C29H39N2O3+. The molecule has 8 fully saturated rings. The zero-order valence-corrected chi connectivity index (χ0v) is 20.8. The summed E-state index contributed by atoms with van der Waals surface area (Å²) in [5.74, 6) is 4.87. The molecule has 8 saturated carbocycles.